The number of non-ortho nitro benzene ring substituents is 1. The zero-order valence-electron chi connectivity index (χ0n) is 16.6. The van der Waals surface area contributed by atoms with Crippen LogP contribution in [0.2, 0.25) is 5.02 Å². The van der Waals surface area contributed by atoms with Crippen molar-refractivity contribution in [3.63, 3.8) is 0 Å². The lowest BCUT2D eigenvalue weighted by Crippen LogP contribution is -2.36. The van der Waals surface area contributed by atoms with E-state index >= 15 is 0 Å². The van der Waals surface area contributed by atoms with E-state index in [0.29, 0.717) is 17.3 Å². The molecule has 0 saturated heterocycles. The standard InChI is InChI=1S/C23H17ClN4O4/c24-15-7-5-14(6-8-15)22-19-13-32-20-4-2-1-3-18(20)21(19)26-27(22)23(29)25-16-9-11-17(12-10-16)28(30)31/h1-12,19,22H,13H2,(H,25,29). The van der Waals surface area contributed by atoms with E-state index in [1.807, 2.05) is 36.4 Å². The molecule has 0 fully saturated rings. The largest absolute Gasteiger partial charge is 0.492 e. The number of halogens is 1. The molecule has 32 heavy (non-hydrogen) atoms. The van der Waals surface area contributed by atoms with Crippen molar-refractivity contribution >= 4 is 34.7 Å². The fraction of sp³-hybridized carbons (Fsp3) is 0.130. The average Bonchev–Trinajstić information content (AvgIpc) is 3.20. The molecule has 0 aromatic heterocycles. The second kappa shape index (κ2) is 7.97. The van der Waals surface area contributed by atoms with E-state index in [-0.39, 0.29) is 11.6 Å². The van der Waals surface area contributed by atoms with Crippen molar-refractivity contribution in [2.24, 2.45) is 11.0 Å². The third kappa shape index (κ3) is 3.54. The number of nitro benzene ring substituents is 1. The zero-order valence-corrected chi connectivity index (χ0v) is 17.4. The van der Waals surface area contributed by atoms with Gasteiger partial charge in [-0.1, -0.05) is 35.9 Å². The van der Waals surface area contributed by atoms with Gasteiger partial charge in [0.25, 0.3) is 5.69 Å². The molecule has 9 heteroatoms. The van der Waals surface area contributed by atoms with Crippen LogP contribution in [0.3, 0.4) is 0 Å². The SMILES string of the molecule is O=C(Nc1ccc([N+](=O)[O-])cc1)N1N=C2c3ccccc3OCC2C1c1ccc(Cl)cc1. The van der Waals surface area contributed by atoms with Gasteiger partial charge < -0.3 is 10.1 Å². The number of hydrogen-bond donors (Lipinski definition) is 1. The van der Waals surface area contributed by atoms with Crippen LogP contribution in [-0.4, -0.2) is 28.3 Å². The highest BCUT2D eigenvalue weighted by molar-refractivity contribution is 6.30. The number of carbonyl (C=O) groups is 1. The van der Waals surface area contributed by atoms with Crippen molar-refractivity contribution < 1.29 is 14.5 Å². The summed E-state index contributed by atoms with van der Waals surface area (Å²) in [5.74, 6) is 0.573. The molecular weight excluding hydrogens is 432 g/mol. The van der Waals surface area contributed by atoms with Crippen LogP contribution in [0.25, 0.3) is 0 Å². The number of nitrogens with one attached hydrogen (secondary N) is 1. The number of urea groups is 1. The first-order valence-corrected chi connectivity index (χ1v) is 10.3. The first-order chi connectivity index (χ1) is 15.5. The van der Waals surface area contributed by atoms with E-state index in [0.717, 1.165) is 22.6 Å². The van der Waals surface area contributed by atoms with Crippen LogP contribution in [0.15, 0.2) is 77.9 Å². The number of nitrogens with zero attached hydrogens (tertiary/aromatic N) is 3. The molecule has 8 nitrogen and oxygen atoms in total. The normalized spacial score (nSPS) is 18.8. The van der Waals surface area contributed by atoms with Crippen LogP contribution < -0.4 is 10.1 Å². The molecule has 2 heterocycles. The minimum absolute atomic E-state index is 0.0526. The van der Waals surface area contributed by atoms with Gasteiger partial charge in [-0.25, -0.2) is 9.80 Å². The third-order valence-corrected chi connectivity index (χ3v) is 5.79. The fourth-order valence-electron chi connectivity index (χ4n) is 4.03. The van der Waals surface area contributed by atoms with E-state index < -0.39 is 17.0 Å². The highest BCUT2D eigenvalue weighted by Gasteiger charge is 2.45. The van der Waals surface area contributed by atoms with Gasteiger partial charge in [-0.15, -0.1) is 0 Å². The summed E-state index contributed by atoms with van der Waals surface area (Å²) in [5, 5.41) is 20.4. The number of carbonyl (C=O) groups excluding carboxylic acids is 1. The van der Waals surface area contributed by atoms with Gasteiger partial charge >= 0.3 is 6.03 Å². The summed E-state index contributed by atoms with van der Waals surface area (Å²) < 4.78 is 5.97. The maximum atomic E-state index is 13.2. The molecule has 3 aromatic carbocycles. The second-order valence-electron chi connectivity index (χ2n) is 7.47. The first kappa shape index (κ1) is 20.0. The van der Waals surface area contributed by atoms with Crippen molar-refractivity contribution in [1.82, 2.24) is 5.01 Å². The van der Waals surface area contributed by atoms with Crippen LogP contribution in [0.1, 0.15) is 17.2 Å². The Bertz CT molecular complexity index is 1230. The number of para-hydroxylation sites is 1. The smallest absolute Gasteiger partial charge is 0.342 e. The van der Waals surface area contributed by atoms with Crippen LogP contribution in [0.4, 0.5) is 16.2 Å². The summed E-state index contributed by atoms with van der Waals surface area (Å²) in [6.45, 7) is 0.379. The molecule has 0 spiro atoms. The lowest BCUT2D eigenvalue weighted by atomic mass is 9.86. The summed E-state index contributed by atoms with van der Waals surface area (Å²) in [6.07, 6.45) is 0. The minimum atomic E-state index is -0.489. The van der Waals surface area contributed by atoms with Crippen LogP contribution in [-0.2, 0) is 0 Å². The van der Waals surface area contributed by atoms with Gasteiger partial charge in [-0.2, -0.15) is 5.10 Å². The van der Waals surface area contributed by atoms with Gasteiger partial charge in [0, 0.05) is 28.4 Å². The summed E-state index contributed by atoms with van der Waals surface area (Å²) in [7, 11) is 0. The minimum Gasteiger partial charge on any atom is -0.492 e. The highest BCUT2D eigenvalue weighted by Crippen LogP contribution is 2.42. The van der Waals surface area contributed by atoms with Gasteiger partial charge in [0.1, 0.15) is 5.75 Å². The predicted octanol–water partition coefficient (Wildman–Crippen LogP) is 5.25. The molecule has 2 atom stereocenters. The Balaban J connectivity index is 1.50. The maximum Gasteiger partial charge on any atom is 0.342 e. The predicted molar refractivity (Wildman–Crippen MR) is 120 cm³/mol. The number of fused-ring (bicyclic) bond motifs is 3. The molecule has 2 aliphatic heterocycles. The molecule has 0 saturated carbocycles. The number of benzene rings is 3. The Morgan fingerprint density at radius 3 is 2.53 bits per heavy atom. The van der Waals surface area contributed by atoms with E-state index in [4.69, 9.17) is 21.4 Å². The van der Waals surface area contributed by atoms with Gasteiger partial charge in [0.05, 0.1) is 29.2 Å². The van der Waals surface area contributed by atoms with Gasteiger partial charge in [-0.3, -0.25) is 10.1 Å². The van der Waals surface area contributed by atoms with Crippen molar-refractivity contribution in [2.45, 2.75) is 6.04 Å². The molecule has 2 aliphatic rings. The Labute approximate surface area is 188 Å². The molecule has 3 aromatic rings. The summed E-state index contributed by atoms with van der Waals surface area (Å²) in [6, 6.07) is 19.7. The van der Waals surface area contributed by atoms with E-state index in [1.54, 1.807) is 12.1 Å². The quantitative estimate of drug-likeness (QED) is 0.437. The third-order valence-electron chi connectivity index (χ3n) is 5.54. The van der Waals surface area contributed by atoms with Gasteiger partial charge in [-0.05, 0) is 42.0 Å². The summed E-state index contributed by atoms with van der Waals surface area (Å²) in [4.78, 5) is 23.6. The van der Waals surface area contributed by atoms with E-state index in [2.05, 4.69) is 5.32 Å². The monoisotopic (exact) mass is 448 g/mol. The van der Waals surface area contributed by atoms with E-state index in [9.17, 15) is 14.9 Å². The average molecular weight is 449 g/mol. The van der Waals surface area contributed by atoms with Crippen molar-refractivity contribution in [1.29, 1.82) is 0 Å². The second-order valence-corrected chi connectivity index (χ2v) is 7.91. The number of nitro groups is 1. The summed E-state index contributed by atoms with van der Waals surface area (Å²) >= 11 is 6.07. The Morgan fingerprint density at radius 2 is 1.81 bits per heavy atom. The Hall–Kier alpha value is -3.91. The van der Waals surface area contributed by atoms with Crippen LogP contribution in [0.5, 0.6) is 5.75 Å². The number of ether oxygens (including phenoxy) is 1. The first-order valence-electron chi connectivity index (χ1n) is 9.92. The Morgan fingerprint density at radius 1 is 1.09 bits per heavy atom. The van der Waals surface area contributed by atoms with Crippen molar-refractivity contribution in [2.75, 3.05) is 11.9 Å². The molecule has 0 aliphatic carbocycles. The Kier molecular flexibility index (Phi) is 4.99. The molecule has 0 bridgehead atoms. The number of rotatable bonds is 3. The molecule has 2 amide bonds. The lowest BCUT2D eigenvalue weighted by molar-refractivity contribution is -0.384. The molecule has 1 N–H and O–H groups in total. The molecular formula is C23H17ClN4O4. The molecule has 160 valence electrons. The van der Waals surface area contributed by atoms with Crippen molar-refractivity contribution in [3.8, 4) is 5.75 Å². The van der Waals surface area contributed by atoms with Gasteiger partial charge in [0.2, 0.25) is 0 Å². The van der Waals surface area contributed by atoms with E-state index in [1.165, 1.54) is 29.3 Å². The van der Waals surface area contributed by atoms with Crippen LogP contribution in [0, 0.1) is 16.0 Å². The van der Waals surface area contributed by atoms with Crippen LogP contribution >= 0.6 is 11.6 Å². The fourth-order valence-corrected chi connectivity index (χ4v) is 4.16. The summed E-state index contributed by atoms with van der Waals surface area (Å²) in [5.41, 5.74) is 2.89. The van der Waals surface area contributed by atoms with Gasteiger partial charge in [0.15, 0.2) is 0 Å². The molecule has 5 rings (SSSR count). The zero-order chi connectivity index (χ0) is 22.2. The molecule has 0 radical (unpaired) electrons. The van der Waals surface area contributed by atoms with Crippen molar-refractivity contribution in [3.05, 3.63) is 99.1 Å². The number of hydrazone groups is 1. The topological polar surface area (TPSA) is 97.1 Å². The molecule has 2 unspecified atom stereocenters. The highest BCUT2D eigenvalue weighted by atomic mass is 35.5. The maximum absolute atomic E-state index is 13.2. The number of amides is 2. The number of hydrogen-bond acceptors (Lipinski definition) is 5. The number of anilines is 1. The lowest BCUT2D eigenvalue weighted by Gasteiger charge is -2.29.